The predicted octanol–water partition coefficient (Wildman–Crippen LogP) is 1.21. The Kier molecular flexibility index (Phi) is 3.82. The summed E-state index contributed by atoms with van der Waals surface area (Å²) in [4.78, 5) is 11.4. The second-order valence-electron chi connectivity index (χ2n) is 5.43. The van der Waals surface area contributed by atoms with Gasteiger partial charge in [-0.25, -0.2) is 0 Å². The van der Waals surface area contributed by atoms with Crippen LogP contribution in [0.25, 0.3) is 0 Å². The van der Waals surface area contributed by atoms with E-state index in [1.807, 2.05) is 6.07 Å². The molecule has 1 saturated carbocycles. The van der Waals surface area contributed by atoms with Crippen molar-refractivity contribution in [2.75, 3.05) is 19.0 Å². The van der Waals surface area contributed by atoms with Crippen LogP contribution in [0.2, 0.25) is 0 Å². The zero-order valence-electron chi connectivity index (χ0n) is 11.6. The number of aromatic nitrogens is 2. The summed E-state index contributed by atoms with van der Waals surface area (Å²) in [6, 6.07) is 3.91. The molecule has 3 unspecified atom stereocenters. The number of hydrogen-bond acceptors (Lipinski definition) is 5. The number of nitrogens with one attached hydrogen (secondary N) is 2. The van der Waals surface area contributed by atoms with Gasteiger partial charge in [-0.15, -0.1) is 10.2 Å². The molecule has 0 radical (unpaired) electrons. The average Bonchev–Trinajstić information content (AvgIpc) is 2.97. The second-order valence-corrected chi connectivity index (χ2v) is 5.43. The van der Waals surface area contributed by atoms with Crippen LogP contribution in [0, 0.1) is 5.92 Å². The summed E-state index contributed by atoms with van der Waals surface area (Å²) in [5.41, 5.74) is 0.337. The summed E-state index contributed by atoms with van der Waals surface area (Å²) < 4.78 is 5.76. The highest BCUT2D eigenvalue weighted by Crippen LogP contribution is 2.35. The van der Waals surface area contributed by atoms with Crippen LogP contribution in [0.5, 0.6) is 0 Å². The smallest absolute Gasteiger partial charge is 0.271 e. The van der Waals surface area contributed by atoms with Gasteiger partial charge in [-0.2, -0.15) is 0 Å². The summed E-state index contributed by atoms with van der Waals surface area (Å²) in [6.45, 7) is 0.870. The van der Waals surface area contributed by atoms with Crippen LogP contribution >= 0.6 is 0 Å². The topological polar surface area (TPSA) is 76.1 Å². The normalized spacial score (nSPS) is 28.8. The van der Waals surface area contributed by atoms with Crippen molar-refractivity contribution in [2.45, 2.75) is 37.8 Å². The van der Waals surface area contributed by atoms with Gasteiger partial charge >= 0.3 is 0 Å². The van der Waals surface area contributed by atoms with Gasteiger partial charge in [0.15, 0.2) is 5.69 Å². The lowest BCUT2D eigenvalue weighted by molar-refractivity contribution is 0.0619. The van der Waals surface area contributed by atoms with Gasteiger partial charge in [0.25, 0.3) is 5.91 Å². The summed E-state index contributed by atoms with van der Waals surface area (Å²) >= 11 is 0. The molecular formula is C14H20N4O2. The molecule has 0 spiro atoms. The maximum absolute atomic E-state index is 11.4. The number of amides is 1. The highest BCUT2D eigenvalue weighted by atomic mass is 16.5. The Hall–Kier alpha value is -1.69. The lowest BCUT2D eigenvalue weighted by Crippen LogP contribution is -2.38. The van der Waals surface area contributed by atoms with Gasteiger partial charge in [0, 0.05) is 25.6 Å². The molecular weight excluding hydrogens is 256 g/mol. The van der Waals surface area contributed by atoms with Gasteiger partial charge in [-0.3, -0.25) is 4.79 Å². The molecule has 2 fully saturated rings. The van der Waals surface area contributed by atoms with Crippen molar-refractivity contribution in [3.8, 4) is 0 Å². The van der Waals surface area contributed by atoms with Gasteiger partial charge in [-0.1, -0.05) is 0 Å². The van der Waals surface area contributed by atoms with E-state index in [9.17, 15) is 4.79 Å². The molecule has 0 aromatic carbocycles. The fourth-order valence-electron chi connectivity index (χ4n) is 3.20. The third kappa shape index (κ3) is 2.60. The fraction of sp³-hybridized carbons (Fsp3) is 0.643. The predicted molar refractivity (Wildman–Crippen MR) is 74.5 cm³/mol. The molecule has 2 heterocycles. The van der Waals surface area contributed by atoms with Crippen LogP contribution in [0.3, 0.4) is 0 Å². The quantitative estimate of drug-likeness (QED) is 0.867. The Balaban J connectivity index is 1.66. The minimum Gasteiger partial charge on any atom is -0.378 e. The highest BCUT2D eigenvalue weighted by molar-refractivity contribution is 5.91. The van der Waals surface area contributed by atoms with E-state index in [4.69, 9.17) is 4.74 Å². The molecule has 1 amide bonds. The molecule has 108 valence electrons. The Morgan fingerprint density at radius 3 is 2.95 bits per heavy atom. The van der Waals surface area contributed by atoms with Gasteiger partial charge in [0.1, 0.15) is 5.82 Å². The first-order chi connectivity index (χ1) is 9.78. The zero-order chi connectivity index (χ0) is 13.9. The maximum atomic E-state index is 11.4. The lowest BCUT2D eigenvalue weighted by Gasteiger charge is -2.33. The third-order valence-corrected chi connectivity index (χ3v) is 4.24. The van der Waals surface area contributed by atoms with E-state index in [1.165, 1.54) is 12.8 Å². The molecule has 6 nitrogen and oxygen atoms in total. The molecule has 3 atom stereocenters. The van der Waals surface area contributed by atoms with E-state index < -0.39 is 0 Å². The van der Waals surface area contributed by atoms with E-state index in [1.54, 1.807) is 13.1 Å². The molecule has 3 rings (SSSR count). The Morgan fingerprint density at radius 1 is 1.30 bits per heavy atom. The third-order valence-electron chi connectivity index (χ3n) is 4.24. The summed E-state index contributed by atoms with van der Waals surface area (Å²) in [5, 5.41) is 14.0. The summed E-state index contributed by atoms with van der Waals surface area (Å²) in [5.74, 6) is 1.09. The summed E-state index contributed by atoms with van der Waals surface area (Å²) in [6.07, 6.45) is 5.02. The number of rotatable bonds is 3. The molecule has 0 bridgehead atoms. The zero-order valence-corrected chi connectivity index (χ0v) is 11.6. The molecule has 2 N–H and O–H groups in total. The van der Waals surface area contributed by atoms with E-state index >= 15 is 0 Å². The van der Waals surface area contributed by atoms with Crippen LogP contribution < -0.4 is 10.6 Å². The minimum absolute atomic E-state index is 0.217. The van der Waals surface area contributed by atoms with Crippen molar-refractivity contribution in [2.24, 2.45) is 5.92 Å². The molecule has 2 aliphatic rings. The van der Waals surface area contributed by atoms with Crippen molar-refractivity contribution < 1.29 is 9.53 Å². The van der Waals surface area contributed by atoms with E-state index in [2.05, 4.69) is 20.8 Å². The number of carbonyl (C=O) groups is 1. The SMILES string of the molecule is CNC(=O)c1ccc(NC2CCCC3OCCC23)nn1. The summed E-state index contributed by atoms with van der Waals surface area (Å²) in [7, 11) is 1.58. The van der Waals surface area contributed by atoms with E-state index in [0.29, 0.717) is 23.8 Å². The molecule has 1 aromatic heterocycles. The molecule has 1 saturated heterocycles. The Morgan fingerprint density at radius 2 is 2.20 bits per heavy atom. The first-order valence-corrected chi connectivity index (χ1v) is 7.22. The fourth-order valence-corrected chi connectivity index (χ4v) is 3.20. The molecule has 20 heavy (non-hydrogen) atoms. The van der Waals surface area contributed by atoms with Crippen molar-refractivity contribution in [3.05, 3.63) is 17.8 Å². The number of nitrogens with zero attached hydrogens (tertiary/aromatic N) is 2. The van der Waals surface area contributed by atoms with Crippen molar-refractivity contribution >= 4 is 11.7 Å². The van der Waals surface area contributed by atoms with Crippen LogP contribution in [0.4, 0.5) is 5.82 Å². The monoisotopic (exact) mass is 276 g/mol. The van der Waals surface area contributed by atoms with Crippen molar-refractivity contribution in [3.63, 3.8) is 0 Å². The number of fused-ring (bicyclic) bond motifs is 1. The molecule has 1 aliphatic carbocycles. The average molecular weight is 276 g/mol. The van der Waals surface area contributed by atoms with Crippen molar-refractivity contribution in [1.82, 2.24) is 15.5 Å². The standard InChI is InChI=1S/C14H20N4O2/c1-15-14(19)11-5-6-13(18-17-11)16-10-3-2-4-12-9(10)7-8-20-12/h5-6,9-10,12H,2-4,7-8H2,1H3,(H,15,19)(H,16,18). The Labute approximate surface area is 118 Å². The van der Waals surface area contributed by atoms with Crippen LogP contribution in [0.15, 0.2) is 12.1 Å². The van der Waals surface area contributed by atoms with Crippen molar-refractivity contribution in [1.29, 1.82) is 0 Å². The number of carbonyl (C=O) groups excluding carboxylic acids is 1. The van der Waals surface area contributed by atoms with Crippen LogP contribution in [0.1, 0.15) is 36.2 Å². The molecule has 1 aliphatic heterocycles. The minimum atomic E-state index is -0.217. The largest absolute Gasteiger partial charge is 0.378 e. The number of anilines is 1. The van der Waals surface area contributed by atoms with Gasteiger partial charge in [0.2, 0.25) is 0 Å². The van der Waals surface area contributed by atoms with Gasteiger partial charge < -0.3 is 15.4 Å². The highest BCUT2D eigenvalue weighted by Gasteiger charge is 2.37. The number of hydrogen-bond donors (Lipinski definition) is 2. The van der Waals surface area contributed by atoms with Crippen LogP contribution in [-0.2, 0) is 4.74 Å². The lowest BCUT2D eigenvalue weighted by atomic mass is 9.82. The Bertz CT molecular complexity index is 477. The number of ether oxygens (including phenoxy) is 1. The van der Waals surface area contributed by atoms with Crippen LogP contribution in [-0.4, -0.2) is 41.9 Å². The van der Waals surface area contributed by atoms with Gasteiger partial charge in [0.05, 0.1) is 6.10 Å². The first kappa shape index (κ1) is 13.3. The molecule has 6 heteroatoms. The maximum Gasteiger partial charge on any atom is 0.271 e. The molecule has 1 aromatic rings. The first-order valence-electron chi connectivity index (χ1n) is 7.22. The van der Waals surface area contributed by atoms with E-state index in [-0.39, 0.29) is 5.91 Å². The second kappa shape index (κ2) is 5.75. The van der Waals surface area contributed by atoms with Gasteiger partial charge in [-0.05, 0) is 37.8 Å². The van der Waals surface area contributed by atoms with E-state index in [0.717, 1.165) is 25.3 Å².